The third-order valence-electron chi connectivity index (χ3n) is 3.39. The van der Waals surface area contributed by atoms with Crippen molar-refractivity contribution < 1.29 is 9.90 Å². The van der Waals surface area contributed by atoms with Gasteiger partial charge in [-0.05, 0) is 49.6 Å². The smallest absolute Gasteiger partial charge is 0.315 e. The topological polar surface area (TPSA) is 61.4 Å². The Kier molecular flexibility index (Phi) is 8.35. The second-order valence-electron chi connectivity index (χ2n) is 5.77. The second-order valence-corrected chi connectivity index (χ2v) is 7.11. The van der Waals surface area contributed by atoms with E-state index in [9.17, 15) is 9.90 Å². The summed E-state index contributed by atoms with van der Waals surface area (Å²) in [4.78, 5) is 13.1. The van der Waals surface area contributed by atoms with E-state index in [0.717, 1.165) is 11.3 Å². The van der Waals surface area contributed by atoms with E-state index in [1.807, 2.05) is 13.8 Å². The summed E-state index contributed by atoms with van der Waals surface area (Å²) in [5, 5.41) is 15.1. The number of benzene rings is 1. The Morgan fingerprint density at radius 3 is 2.41 bits per heavy atom. The van der Waals surface area contributed by atoms with Crippen LogP contribution >= 0.6 is 11.8 Å². The first-order valence-electron chi connectivity index (χ1n) is 7.87. The summed E-state index contributed by atoms with van der Waals surface area (Å²) >= 11 is 1.81. The molecule has 0 bridgehead atoms. The van der Waals surface area contributed by atoms with Crippen molar-refractivity contribution in [3.8, 4) is 0 Å². The average molecular weight is 324 g/mol. The summed E-state index contributed by atoms with van der Waals surface area (Å²) in [5.41, 5.74) is 1.09. The normalized spacial score (nSPS) is 15.0. The summed E-state index contributed by atoms with van der Waals surface area (Å²) < 4.78 is 0. The summed E-state index contributed by atoms with van der Waals surface area (Å²) in [6.07, 6.45) is 0.352. The highest BCUT2D eigenvalue weighted by molar-refractivity contribution is 7.99. The first-order valence-corrected chi connectivity index (χ1v) is 8.86. The SMILES string of the molecule is CCSc1ccc(C(C)NC(=O)NCC(C)CC(C)O)cc1. The van der Waals surface area contributed by atoms with E-state index in [0.29, 0.717) is 13.0 Å². The van der Waals surface area contributed by atoms with Gasteiger partial charge in [-0.15, -0.1) is 11.8 Å². The Balaban J connectivity index is 2.40. The Labute approximate surface area is 138 Å². The molecule has 0 fully saturated rings. The lowest BCUT2D eigenvalue weighted by atomic mass is 10.1. The van der Waals surface area contributed by atoms with Crippen molar-refractivity contribution in [1.29, 1.82) is 0 Å². The Bertz CT molecular complexity index is 448. The number of thioether (sulfide) groups is 1. The first-order chi connectivity index (χ1) is 10.4. The maximum atomic E-state index is 11.9. The van der Waals surface area contributed by atoms with Gasteiger partial charge in [0.2, 0.25) is 0 Å². The summed E-state index contributed by atoms with van der Waals surface area (Å²) in [6, 6.07) is 8.08. The molecule has 0 radical (unpaired) electrons. The minimum atomic E-state index is -0.335. The minimum absolute atomic E-state index is 0.0345. The van der Waals surface area contributed by atoms with Gasteiger partial charge in [0.15, 0.2) is 0 Å². The molecule has 3 unspecified atom stereocenters. The predicted molar refractivity (Wildman–Crippen MR) is 93.3 cm³/mol. The quantitative estimate of drug-likeness (QED) is 0.641. The van der Waals surface area contributed by atoms with E-state index in [1.54, 1.807) is 18.7 Å². The fourth-order valence-electron chi connectivity index (χ4n) is 2.28. The van der Waals surface area contributed by atoms with Gasteiger partial charge in [-0.3, -0.25) is 0 Å². The van der Waals surface area contributed by atoms with E-state index < -0.39 is 0 Å². The zero-order valence-corrected chi connectivity index (χ0v) is 14.7. The third kappa shape index (κ3) is 7.18. The van der Waals surface area contributed by atoms with Crippen molar-refractivity contribution in [2.75, 3.05) is 12.3 Å². The predicted octanol–water partition coefficient (Wildman–Crippen LogP) is 3.57. The highest BCUT2D eigenvalue weighted by Crippen LogP contribution is 2.20. The van der Waals surface area contributed by atoms with Crippen LogP contribution in [0, 0.1) is 5.92 Å². The lowest BCUT2D eigenvalue weighted by Gasteiger charge is -2.18. The molecule has 1 aromatic rings. The molecule has 0 aliphatic heterocycles. The number of hydrogen-bond donors (Lipinski definition) is 3. The molecule has 0 saturated carbocycles. The summed E-state index contributed by atoms with van der Waals surface area (Å²) in [6.45, 7) is 8.45. The van der Waals surface area contributed by atoms with Crippen LogP contribution < -0.4 is 10.6 Å². The van der Waals surface area contributed by atoms with Crippen LogP contribution in [0.4, 0.5) is 4.79 Å². The van der Waals surface area contributed by atoms with E-state index in [1.165, 1.54) is 4.90 Å². The number of urea groups is 1. The van der Waals surface area contributed by atoms with Crippen LogP contribution in [0.5, 0.6) is 0 Å². The Hall–Kier alpha value is -1.20. The standard InChI is InChI=1S/C17H28N2O2S/c1-5-22-16-8-6-15(7-9-16)14(4)19-17(21)18-11-12(2)10-13(3)20/h6-9,12-14,20H,5,10-11H2,1-4H3,(H2,18,19,21). The number of amides is 2. The lowest BCUT2D eigenvalue weighted by Crippen LogP contribution is -2.39. The van der Waals surface area contributed by atoms with Crippen molar-refractivity contribution in [1.82, 2.24) is 10.6 Å². The van der Waals surface area contributed by atoms with Gasteiger partial charge in [-0.25, -0.2) is 4.79 Å². The fourth-order valence-corrected chi connectivity index (χ4v) is 2.94. The van der Waals surface area contributed by atoms with Gasteiger partial charge < -0.3 is 15.7 Å². The van der Waals surface area contributed by atoms with Crippen LogP contribution in [-0.2, 0) is 0 Å². The molecule has 0 spiro atoms. The summed E-state index contributed by atoms with van der Waals surface area (Å²) in [5.74, 6) is 1.31. The monoisotopic (exact) mass is 324 g/mol. The van der Waals surface area contributed by atoms with Gasteiger partial charge >= 0.3 is 6.03 Å². The molecule has 124 valence electrons. The van der Waals surface area contributed by atoms with Gasteiger partial charge in [-0.1, -0.05) is 26.0 Å². The molecule has 0 aliphatic carbocycles. The molecule has 0 aliphatic rings. The van der Waals surface area contributed by atoms with Gasteiger partial charge in [0.1, 0.15) is 0 Å². The number of nitrogens with one attached hydrogen (secondary N) is 2. The number of carbonyl (C=O) groups excluding carboxylic acids is 1. The van der Waals surface area contributed by atoms with Gasteiger partial charge in [-0.2, -0.15) is 0 Å². The molecule has 2 amide bonds. The molecule has 0 aromatic heterocycles. The zero-order valence-electron chi connectivity index (χ0n) is 13.9. The first kappa shape index (κ1) is 18.8. The molecule has 22 heavy (non-hydrogen) atoms. The van der Waals surface area contributed by atoms with E-state index in [4.69, 9.17) is 0 Å². The van der Waals surface area contributed by atoms with Gasteiger partial charge in [0.25, 0.3) is 0 Å². The van der Waals surface area contributed by atoms with E-state index >= 15 is 0 Å². The number of carbonyl (C=O) groups is 1. The Morgan fingerprint density at radius 2 is 1.86 bits per heavy atom. The van der Waals surface area contributed by atoms with Crippen LogP contribution in [0.15, 0.2) is 29.2 Å². The van der Waals surface area contributed by atoms with Crippen LogP contribution in [0.1, 0.15) is 45.7 Å². The zero-order chi connectivity index (χ0) is 16.5. The molecule has 5 heteroatoms. The number of aliphatic hydroxyl groups excluding tert-OH is 1. The van der Waals surface area contributed by atoms with Gasteiger partial charge in [0, 0.05) is 11.4 Å². The molecule has 4 nitrogen and oxygen atoms in total. The van der Waals surface area contributed by atoms with Crippen LogP contribution in [0.25, 0.3) is 0 Å². The van der Waals surface area contributed by atoms with Crippen molar-refractivity contribution in [2.45, 2.75) is 51.2 Å². The maximum absolute atomic E-state index is 11.9. The van der Waals surface area contributed by atoms with Crippen LogP contribution in [-0.4, -0.2) is 29.5 Å². The number of hydrogen-bond acceptors (Lipinski definition) is 3. The molecule has 3 N–H and O–H groups in total. The lowest BCUT2D eigenvalue weighted by molar-refractivity contribution is 0.163. The Morgan fingerprint density at radius 1 is 1.23 bits per heavy atom. The van der Waals surface area contributed by atoms with Crippen molar-refractivity contribution in [3.63, 3.8) is 0 Å². The number of aliphatic hydroxyl groups is 1. The van der Waals surface area contributed by atoms with Crippen molar-refractivity contribution in [3.05, 3.63) is 29.8 Å². The molecular weight excluding hydrogens is 296 g/mol. The van der Waals surface area contributed by atoms with E-state index in [-0.39, 0.29) is 24.1 Å². The molecule has 3 atom stereocenters. The highest BCUT2D eigenvalue weighted by atomic mass is 32.2. The molecule has 0 saturated heterocycles. The average Bonchev–Trinajstić information content (AvgIpc) is 2.45. The van der Waals surface area contributed by atoms with E-state index in [2.05, 4.69) is 41.8 Å². The fraction of sp³-hybridized carbons (Fsp3) is 0.588. The van der Waals surface area contributed by atoms with Crippen LogP contribution in [0.2, 0.25) is 0 Å². The largest absolute Gasteiger partial charge is 0.393 e. The number of rotatable bonds is 8. The molecular formula is C17H28N2O2S. The maximum Gasteiger partial charge on any atom is 0.315 e. The third-order valence-corrected chi connectivity index (χ3v) is 4.29. The molecule has 1 rings (SSSR count). The highest BCUT2D eigenvalue weighted by Gasteiger charge is 2.11. The van der Waals surface area contributed by atoms with Crippen molar-refractivity contribution >= 4 is 17.8 Å². The van der Waals surface area contributed by atoms with Crippen molar-refractivity contribution in [2.24, 2.45) is 5.92 Å². The van der Waals surface area contributed by atoms with Crippen LogP contribution in [0.3, 0.4) is 0 Å². The minimum Gasteiger partial charge on any atom is -0.393 e. The second kappa shape index (κ2) is 9.74. The summed E-state index contributed by atoms with van der Waals surface area (Å²) in [7, 11) is 0. The van der Waals surface area contributed by atoms with Gasteiger partial charge in [0.05, 0.1) is 12.1 Å². The molecule has 1 aromatic carbocycles. The molecule has 0 heterocycles.